The molecule has 1 fully saturated rings. The average molecular weight is 326 g/mol. The molecule has 122 valence electrons. The second kappa shape index (κ2) is 6.62. The summed E-state index contributed by atoms with van der Waals surface area (Å²) in [7, 11) is 0.511. The summed E-state index contributed by atoms with van der Waals surface area (Å²) in [5.74, 6) is 0.671. The van der Waals surface area contributed by atoms with Crippen molar-refractivity contribution in [1.29, 1.82) is 0 Å². The van der Waals surface area contributed by atoms with Gasteiger partial charge in [0.2, 0.25) is 10.0 Å². The molecule has 1 aliphatic rings. The number of piperidine rings is 1. The van der Waals surface area contributed by atoms with Crippen LogP contribution in [0.1, 0.15) is 23.2 Å². The van der Waals surface area contributed by atoms with Gasteiger partial charge in [-0.15, -0.1) is 0 Å². The van der Waals surface area contributed by atoms with Crippen LogP contribution in [-0.4, -0.2) is 63.7 Å². The van der Waals surface area contributed by atoms with Crippen LogP contribution in [0, 0.1) is 0 Å². The minimum Gasteiger partial charge on any atom is -0.363 e. The lowest BCUT2D eigenvalue weighted by Crippen LogP contribution is -2.49. The third kappa shape index (κ3) is 4.41. The minimum absolute atomic E-state index is 0.113. The van der Waals surface area contributed by atoms with E-state index in [2.05, 4.69) is 9.71 Å². The largest absolute Gasteiger partial charge is 0.363 e. The van der Waals surface area contributed by atoms with Gasteiger partial charge in [-0.1, -0.05) is 0 Å². The maximum absolute atomic E-state index is 12.5. The monoisotopic (exact) mass is 326 g/mol. The number of nitrogens with one attached hydrogen (secondary N) is 1. The van der Waals surface area contributed by atoms with Gasteiger partial charge >= 0.3 is 0 Å². The van der Waals surface area contributed by atoms with Gasteiger partial charge in [0.25, 0.3) is 5.91 Å². The molecular formula is C14H22N4O3S. The van der Waals surface area contributed by atoms with E-state index in [1.54, 1.807) is 23.2 Å². The fraction of sp³-hybridized carbons (Fsp3) is 0.571. The zero-order valence-electron chi connectivity index (χ0n) is 13.1. The van der Waals surface area contributed by atoms with Gasteiger partial charge in [0.15, 0.2) is 0 Å². The lowest BCUT2D eigenvalue weighted by molar-refractivity contribution is 0.0702. The number of anilines is 1. The zero-order chi connectivity index (χ0) is 16.3. The summed E-state index contributed by atoms with van der Waals surface area (Å²) in [6.45, 7) is 1.03. The molecule has 0 spiro atoms. The van der Waals surface area contributed by atoms with Gasteiger partial charge in [-0.25, -0.2) is 18.1 Å². The van der Waals surface area contributed by atoms with E-state index in [9.17, 15) is 13.2 Å². The predicted molar refractivity (Wildman–Crippen MR) is 85.5 cm³/mol. The number of hydrogen-bond acceptors (Lipinski definition) is 5. The average Bonchev–Trinajstić information content (AvgIpc) is 2.45. The number of aromatic nitrogens is 1. The Morgan fingerprint density at radius 3 is 2.68 bits per heavy atom. The molecular weight excluding hydrogens is 304 g/mol. The van der Waals surface area contributed by atoms with E-state index in [4.69, 9.17) is 0 Å². The maximum atomic E-state index is 12.5. The van der Waals surface area contributed by atoms with Crippen molar-refractivity contribution in [2.75, 3.05) is 38.3 Å². The van der Waals surface area contributed by atoms with Gasteiger partial charge in [0.05, 0.1) is 11.8 Å². The highest BCUT2D eigenvalue weighted by atomic mass is 32.2. The normalized spacial score (nSPS) is 19.0. The smallest absolute Gasteiger partial charge is 0.255 e. The summed E-state index contributed by atoms with van der Waals surface area (Å²) in [6, 6.07) is 3.32. The molecule has 0 aromatic carbocycles. The van der Waals surface area contributed by atoms with E-state index in [-0.39, 0.29) is 11.9 Å². The highest BCUT2D eigenvalue weighted by Gasteiger charge is 2.26. The Kier molecular flexibility index (Phi) is 5.02. The molecule has 1 aromatic heterocycles. The third-order valence-corrected chi connectivity index (χ3v) is 4.30. The molecule has 1 saturated heterocycles. The van der Waals surface area contributed by atoms with Gasteiger partial charge < -0.3 is 9.80 Å². The molecule has 0 radical (unpaired) electrons. The van der Waals surface area contributed by atoms with Crippen molar-refractivity contribution < 1.29 is 13.2 Å². The molecule has 22 heavy (non-hydrogen) atoms. The molecule has 0 saturated carbocycles. The van der Waals surface area contributed by atoms with Gasteiger partial charge in [0.1, 0.15) is 5.82 Å². The molecule has 0 unspecified atom stereocenters. The molecule has 2 rings (SSSR count). The summed E-state index contributed by atoms with van der Waals surface area (Å²) in [6.07, 6.45) is 4.22. The number of rotatable bonds is 4. The maximum Gasteiger partial charge on any atom is 0.255 e. The SMILES string of the molecule is CN(C)c1ccc(C(=O)N2CCC[C@@H](NS(C)(=O)=O)C2)cn1. The number of carbonyl (C=O) groups is 1. The Hall–Kier alpha value is -1.67. The number of nitrogens with zero attached hydrogens (tertiary/aromatic N) is 3. The van der Waals surface area contributed by atoms with Crippen LogP contribution in [0.4, 0.5) is 5.82 Å². The number of sulfonamides is 1. The summed E-state index contributed by atoms with van der Waals surface area (Å²) in [5, 5.41) is 0. The van der Waals surface area contributed by atoms with Crippen molar-refractivity contribution in [3.8, 4) is 0 Å². The zero-order valence-corrected chi connectivity index (χ0v) is 13.9. The van der Waals surface area contributed by atoms with Crippen LogP contribution >= 0.6 is 0 Å². The van der Waals surface area contributed by atoms with Crippen LogP contribution in [0.25, 0.3) is 0 Å². The number of pyridine rings is 1. The van der Waals surface area contributed by atoms with Crippen LogP contribution in [0.3, 0.4) is 0 Å². The number of hydrogen-bond donors (Lipinski definition) is 1. The highest BCUT2D eigenvalue weighted by Crippen LogP contribution is 2.15. The van der Waals surface area contributed by atoms with Gasteiger partial charge in [-0.05, 0) is 25.0 Å². The van der Waals surface area contributed by atoms with E-state index < -0.39 is 10.0 Å². The Morgan fingerprint density at radius 2 is 2.14 bits per heavy atom. The first-order valence-electron chi connectivity index (χ1n) is 7.16. The van der Waals surface area contributed by atoms with E-state index in [0.29, 0.717) is 18.7 Å². The van der Waals surface area contributed by atoms with Crippen molar-refractivity contribution >= 4 is 21.7 Å². The summed E-state index contributed by atoms with van der Waals surface area (Å²) in [5.41, 5.74) is 0.519. The van der Waals surface area contributed by atoms with E-state index in [1.807, 2.05) is 19.0 Å². The molecule has 0 bridgehead atoms. The van der Waals surface area contributed by atoms with Crippen LogP contribution < -0.4 is 9.62 Å². The fourth-order valence-corrected chi connectivity index (χ4v) is 3.32. The van der Waals surface area contributed by atoms with Crippen molar-refractivity contribution in [2.45, 2.75) is 18.9 Å². The topological polar surface area (TPSA) is 82.6 Å². The molecule has 1 atom stereocenters. The molecule has 1 N–H and O–H groups in total. The first kappa shape index (κ1) is 16.7. The second-order valence-corrected chi connectivity index (χ2v) is 7.56. The minimum atomic E-state index is -3.26. The Morgan fingerprint density at radius 1 is 1.41 bits per heavy atom. The quantitative estimate of drug-likeness (QED) is 0.860. The van der Waals surface area contributed by atoms with Crippen molar-refractivity contribution in [3.05, 3.63) is 23.9 Å². The first-order valence-corrected chi connectivity index (χ1v) is 9.05. The lowest BCUT2D eigenvalue weighted by Gasteiger charge is -2.32. The third-order valence-electron chi connectivity index (χ3n) is 3.54. The van der Waals surface area contributed by atoms with Crippen LogP contribution in [0.5, 0.6) is 0 Å². The van der Waals surface area contributed by atoms with Crippen molar-refractivity contribution in [2.24, 2.45) is 0 Å². The highest BCUT2D eigenvalue weighted by molar-refractivity contribution is 7.88. The Bertz CT molecular complexity index is 628. The van der Waals surface area contributed by atoms with Gasteiger partial charge in [-0.3, -0.25) is 4.79 Å². The summed E-state index contributed by atoms with van der Waals surface area (Å²) in [4.78, 5) is 20.3. The molecule has 1 amide bonds. The summed E-state index contributed by atoms with van der Waals surface area (Å²) >= 11 is 0. The van der Waals surface area contributed by atoms with E-state index in [1.165, 1.54) is 0 Å². The van der Waals surface area contributed by atoms with Crippen molar-refractivity contribution in [3.63, 3.8) is 0 Å². The Labute approximate surface area is 131 Å². The number of likely N-dealkylation sites (tertiary alicyclic amines) is 1. The molecule has 7 nitrogen and oxygen atoms in total. The van der Waals surface area contributed by atoms with Crippen LogP contribution in [0.2, 0.25) is 0 Å². The van der Waals surface area contributed by atoms with Gasteiger partial charge in [0, 0.05) is 39.4 Å². The standard InChI is InChI=1S/C14H22N4O3S/c1-17(2)13-7-6-11(9-15-13)14(19)18-8-4-5-12(10-18)16-22(3,20)21/h6-7,9,12,16H,4-5,8,10H2,1-3H3/t12-/m1/s1. The lowest BCUT2D eigenvalue weighted by atomic mass is 10.1. The van der Waals surface area contributed by atoms with E-state index >= 15 is 0 Å². The van der Waals surface area contributed by atoms with E-state index in [0.717, 1.165) is 24.9 Å². The molecule has 1 aromatic rings. The second-order valence-electron chi connectivity index (χ2n) is 5.78. The van der Waals surface area contributed by atoms with Crippen LogP contribution in [-0.2, 0) is 10.0 Å². The Balaban J connectivity index is 2.05. The fourth-order valence-electron chi connectivity index (χ4n) is 2.52. The molecule has 1 aliphatic heterocycles. The molecule has 2 heterocycles. The first-order chi connectivity index (χ1) is 10.3. The summed E-state index contributed by atoms with van der Waals surface area (Å²) < 4.78 is 25.2. The molecule has 0 aliphatic carbocycles. The number of amides is 1. The van der Waals surface area contributed by atoms with Crippen LogP contribution in [0.15, 0.2) is 18.3 Å². The predicted octanol–water partition coefficient (Wildman–Crippen LogP) is 0.301. The van der Waals surface area contributed by atoms with Crippen molar-refractivity contribution in [1.82, 2.24) is 14.6 Å². The van der Waals surface area contributed by atoms with Gasteiger partial charge in [-0.2, -0.15) is 0 Å². The number of carbonyl (C=O) groups excluding carboxylic acids is 1. The molecule has 8 heteroatoms.